The van der Waals surface area contributed by atoms with Gasteiger partial charge in [-0.25, -0.2) is 4.79 Å². The van der Waals surface area contributed by atoms with Crippen molar-refractivity contribution in [1.82, 2.24) is 5.32 Å². The number of nitrogens with one attached hydrogen (secondary N) is 1. The summed E-state index contributed by atoms with van der Waals surface area (Å²) in [5, 5.41) is 12.3. The van der Waals surface area contributed by atoms with Crippen molar-refractivity contribution < 1.29 is 23.1 Å². The van der Waals surface area contributed by atoms with Crippen molar-refractivity contribution in [3.8, 4) is 0 Å². The molecule has 3 nitrogen and oxygen atoms in total. The average Bonchev–Trinajstić information content (AvgIpc) is 2.88. The third-order valence-electron chi connectivity index (χ3n) is 3.60. The molecule has 0 unspecified atom stereocenters. The predicted octanol–water partition coefficient (Wildman–Crippen LogP) is 3.44. The molecule has 0 aliphatic heterocycles. The number of benzene rings is 1. The normalized spacial score (nSPS) is 16.6. The van der Waals surface area contributed by atoms with Crippen molar-refractivity contribution in [2.45, 2.75) is 44.4 Å². The number of carbonyl (C=O) groups is 1. The van der Waals surface area contributed by atoms with Crippen LogP contribution in [0.3, 0.4) is 0 Å². The van der Waals surface area contributed by atoms with Crippen molar-refractivity contribution >= 4 is 5.97 Å². The molecule has 1 aliphatic rings. The summed E-state index contributed by atoms with van der Waals surface area (Å²) in [6.45, 7) is 0.282. The van der Waals surface area contributed by atoms with Gasteiger partial charge in [-0.2, -0.15) is 13.2 Å². The van der Waals surface area contributed by atoms with Gasteiger partial charge in [0.25, 0.3) is 0 Å². The second kappa shape index (κ2) is 5.83. The van der Waals surface area contributed by atoms with Gasteiger partial charge in [-0.1, -0.05) is 18.9 Å². The van der Waals surface area contributed by atoms with E-state index in [1.54, 1.807) is 0 Å². The maximum absolute atomic E-state index is 12.6. The van der Waals surface area contributed by atoms with Gasteiger partial charge >= 0.3 is 12.1 Å². The second-order valence-electron chi connectivity index (χ2n) is 5.04. The van der Waals surface area contributed by atoms with Gasteiger partial charge in [-0.15, -0.1) is 0 Å². The Morgan fingerprint density at radius 3 is 2.50 bits per heavy atom. The largest absolute Gasteiger partial charge is 0.478 e. The molecule has 1 aromatic rings. The lowest BCUT2D eigenvalue weighted by Crippen LogP contribution is -2.26. The number of carboxylic acids is 1. The van der Waals surface area contributed by atoms with Crippen LogP contribution in [0.4, 0.5) is 13.2 Å². The van der Waals surface area contributed by atoms with Gasteiger partial charge in [-0.05, 0) is 30.5 Å². The molecule has 110 valence electrons. The second-order valence-corrected chi connectivity index (χ2v) is 5.04. The molecule has 0 heterocycles. The first kappa shape index (κ1) is 14.8. The van der Waals surface area contributed by atoms with E-state index in [0.29, 0.717) is 17.7 Å². The van der Waals surface area contributed by atoms with Crippen LogP contribution in [0.2, 0.25) is 0 Å². The smallest absolute Gasteiger partial charge is 0.416 e. The van der Waals surface area contributed by atoms with Crippen molar-refractivity contribution in [3.05, 3.63) is 34.9 Å². The van der Waals surface area contributed by atoms with Crippen molar-refractivity contribution in [2.24, 2.45) is 0 Å². The van der Waals surface area contributed by atoms with Crippen LogP contribution >= 0.6 is 0 Å². The van der Waals surface area contributed by atoms with E-state index in [0.717, 1.165) is 31.7 Å². The van der Waals surface area contributed by atoms with Crippen LogP contribution in [0.1, 0.15) is 47.2 Å². The van der Waals surface area contributed by atoms with Gasteiger partial charge in [0.2, 0.25) is 0 Å². The van der Waals surface area contributed by atoms with Crippen LogP contribution in [0.25, 0.3) is 0 Å². The number of aromatic carboxylic acids is 1. The Kier molecular flexibility index (Phi) is 4.32. The zero-order valence-electron chi connectivity index (χ0n) is 10.8. The minimum atomic E-state index is -4.53. The summed E-state index contributed by atoms with van der Waals surface area (Å²) in [6.07, 6.45) is -0.194. The quantitative estimate of drug-likeness (QED) is 0.892. The Morgan fingerprint density at radius 1 is 1.30 bits per heavy atom. The predicted molar refractivity (Wildman–Crippen MR) is 67.5 cm³/mol. The number of hydrogen-bond acceptors (Lipinski definition) is 2. The van der Waals surface area contributed by atoms with E-state index in [2.05, 4.69) is 5.32 Å². The molecule has 1 fully saturated rings. The maximum atomic E-state index is 12.6. The summed E-state index contributed by atoms with van der Waals surface area (Å²) in [5.41, 5.74) is -0.831. The van der Waals surface area contributed by atoms with E-state index in [-0.39, 0.29) is 12.1 Å². The van der Waals surface area contributed by atoms with Crippen LogP contribution in [-0.4, -0.2) is 17.1 Å². The molecule has 0 spiro atoms. The molecule has 2 N–H and O–H groups in total. The fourth-order valence-electron chi connectivity index (χ4n) is 2.49. The summed E-state index contributed by atoms with van der Waals surface area (Å²) >= 11 is 0. The third-order valence-corrected chi connectivity index (χ3v) is 3.60. The standard InChI is InChI=1S/C14H16F3NO2/c15-14(16,17)10-6-5-9(12(7-10)13(19)20)8-18-11-3-1-2-4-11/h5-7,11,18H,1-4,8H2,(H,19,20). The molecule has 0 radical (unpaired) electrons. The number of rotatable bonds is 4. The van der Waals surface area contributed by atoms with Crippen molar-refractivity contribution in [1.29, 1.82) is 0 Å². The first-order valence-electron chi connectivity index (χ1n) is 6.54. The molecular formula is C14H16F3NO2. The first-order valence-corrected chi connectivity index (χ1v) is 6.54. The van der Waals surface area contributed by atoms with E-state index in [9.17, 15) is 18.0 Å². The highest BCUT2D eigenvalue weighted by Gasteiger charge is 2.31. The van der Waals surface area contributed by atoms with Crippen LogP contribution in [0, 0.1) is 0 Å². The Balaban J connectivity index is 2.17. The molecule has 0 saturated heterocycles. The molecule has 0 aromatic heterocycles. The lowest BCUT2D eigenvalue weighted by Gasteiger charge is -2.15. The highest BCUT2D eigenvalue weighted by molar-refractivity contribution is 5.89. The SMILES string of the molecule is O=C(O)c1cc(C(F)(F)F)ccc1CNC1CCCC1. The van der Waals surface area contributed by atoms with E-state index >= 15 is 0 Å². The van der Waals surface area contributed by atoms with Gasteiger partial charge < -0.3 is 10.4 Å². The molecule has 6 heteroatoms. The molecular weight excluding hydrogens is 271 g/mol. The minimum Gasteiger partial charge on any atom is -0.478 e. The Hall–Kier alpha value is -1.56. The molecule has 20 heavy (non-hydrogen) atoms. The minimum absolute atomic E-state index is 0.282. The van der Waals surface area contributed by atoms with Gasteiger partial charge in [0.1, 0.15) is 0 Å². The molecule has 0 bridgehead atoms. The lowest BCUT2D eigenvalue weighted by atomic mass is 10.0. The number of alkyl halides is 3. The highest BCUT2D eigenvalue weighted by atomic mass is 19.4. The van der Waals surface area contributed by atoms with Crippen LogP contribution in [0.15, 0.2) is 18.2 Å². The zero-order chi connectivity index (χ0) is 14.8. The third kappa shape index (κ3) is 3.50. The average molecular weight is 287 g/mol. The van der Waals surface area contributed by atoms with Crippen molar-refractivity contribution in [3.63, 3.8) is 0 Å². The van der Waals surface area contributed by atoms with E-state index in [4.69, 9.17) is 5.11 Å². The van der Waals surface area contributed by atoms with Gasteiger partial charge in [-0.3, -0.25) is 0 Å². The van der Waals surface area contributed by atoms with Gasteiger partial charge in [0, 0.05) is 12.6 Å². The fourth-order valence-corrected chi connectivity index (χ4v) is 2.49. The number of halogens is 3. The number of carboxylic acid groups (broad SMARTS) is 1. The molecule has 0 atom stereocenters. The van der Waals surface area contributed by atoms with E-state index in [1.807, 2.05) is 0 Å². The number of hydrogen-bond donors (Lipinski definition) is 2. The molecule has 1 aliphatic carbocycles. The summed E-state index contributed by atoms with van der Waals surface area (Å²) in [6, 6.07) is 3.21. The summed E-state index contributed by atoms with van der Waals surface area (Å²) in [4.78, 5) is 11.1. The summed E-state index contributed by atoms with van der Waals surface area (Å²) in [7, 11) is 0. The van der Waals surface area contributed by atoms with Crippen LogP contribution < -0.4 is 5.32 Å². The molecule has 2 rings (SSSR count). The Morgan fingerprint density at radius 2 is 1.95 bits per heavy atom. The molecule has 1 aromatic carbocycles. The topological polar surface area (TPSA) is 49.3 Å². The van der Waals surface area contributed by atoms with Gasteiger partial charge in [0.15, 0.2) is 0 Å². The molecule has 0 amide bonds. The van der Waals surface area contributed by atoms with Crippen LogP contribution in [0.5, 0.6) is 0 Å². The zero-order valence-corrected chi connectivity index (χ0v) is 10.8. The van der Waals surface area contributed by atoms with Crippen molar-refractivity contribution in [2.75, 3.05) is 0 Å². The Bertz CT molecular complexity index is 494. The molecule has 1 saturated carbocycles. The lowest BCUT2D eigenvalue weighted by molar-refractivity contribution is -0.137. The monoisotopic (exact) mass is 287 g/mol. The van der Waals surface area contributed by atoms with Gasteiger partial charge in [0.05, 0.1) is 11.1 Å². The highest BCUT2D eigenvalue weighted by Crippen LogP contribution is 2.30. The summed E-state index contributed by atoms with van der Waals surface area (Å²) < 4.78 is 37.8. The van der Waals surface area contributed by atoms with E-state index in [1.165, 1.54) is 6.07 Å². The first-order chi connectivity index (χ1) is 9.38. The van der Waals surface area contributed by atoms with E-state index < -0.39 is 17.7 Å². The maximum Gasteiger partial charge on any atom is 0.416 e. The fraction of sp³-hybridized carbons (Fsp3) is 0.500. The summed E-state index contributed by atoms with van der Waals surface area (Å²) in [5.74, 6) is -1.33. The van der Waals surface area contributed by atoms with Crippen LogP contribution in [-0.2, 0) is 12.7 Å². The Labute approximate surface area is 114 Å².